The SMILES string of the molecule is C=Cc1c(F)c(F)cc2ccccc12. The van der Waals surface area contributed by atoms with E-state index < -0.39 is 11.6 Å². The number of halogens is 2. The first-order valence-corrected chi connectivity index (χ1v) is 4.23. The molecule has 0 spiro atoms. The number of rotatable bonds is 1. The van der Waals surface area contributed by atoms with E-state index in [0.717, 1.165) is 0 Å². The Kier molecular flexibility index (Phi) is 2.04. The zero-order valence-electron chi connectivity index (χ0n) is 7.43. The lowest BCUT2D eigenvalue weighted by Gasteiger charge is -2.04. The number of hydrogen-bond acceptors (Lipinski definition) is 0. The molecule has 0 N–H and O–H groups in total. The molecular weight excluding hydrogens is 182 g/mol. The van der Waals surface area contributed by atoms with Crippen molar-refractivity contribution in [3.63, 3.8) is 0 Å². The Labute approximate surface area is 80.5 Å². The van der Waals surface area contributed by atoms with Crippen LogP contribution in [0.5, 0.6) is 0 Å². The normalized spacial score (nSPS) is 10.4. The lowest BCUT2D eigenvalue weighted by atomic mass is 10.0. The van der Waals surface area contributed by atoms with Gasteiger partial charge in [0.1, 0.15) is 0 Å². The summed E-state index contributed by atoms with van der Waals surface area (Å²) in [5.74, 6) is -1.67. The number of fused-ring (bicyclic) bond motifs is 1. The molecule has 0 unspecified atom stereocenters. The maximum atomic E-state index is 13.3. The Hall–Kier alpha value is -1.70. The van der Waals surface area contributed by atoms with Crippen molar-refractivity contribution in [2.24, 2.45) is 0 Å². The van der Waals surface area contributed by atoms with Gasteiger partial charge in [-0.15, -0.1) is 0 Å². The van der Waals surface area contributed by atoms with E-state index in [-0.39, 0.29) is 5.56 Å². The van der Waals surface area contributed by atoms with Crippen LogP contribution in [0.25, 0.3) is 16.8 Å². The molecule has 0 heterocycles. The molecule has 0 saturated heterocycles. The Morgan fingerprint density at radius 2 is 1.86 bits per heavy atom. The van der Waals surface area contributed by atoms with Crippen LogP contribution in [0.1, 0.15) is 5.56 Å². The molecule has 0 fully saturated rings. The average molecular weight is 190 g/mol. The zero-order chi connectivity index (χ0) is 10.1. The van der Waals surface area contributed by atoms with Crippen LogP contribution in [-0.4, -0.2) is 0 Å². The molecule has 2 aromatic rings. The molecule has 0 aromatic heterocycles. The van der Waals surface area contributed by atoms with E-state index in [0.29, 0.717) is 10.8 Å². The average Bonchev–Trinajstić information content (AvgIpc) is 2.20. The first kappa shape index (κ1) is 8.88. The van der Waals surface area contributed by atoms with E-state index in [4.69, 9.17) is 0 Å². The van der Waals surface area contributed by atoms with Gasteiger partial charge < -0.3 is 0 Å². The first-order chi connectivity index (χ1) is 6.74. The van der Waals surface area contributed by atoms with Gasteiger partial charge in [-0.2, -0.15) is 0 Å². The largest absolute Gasteiger partial charge is 0.204 e. The van der Waals surface area contributed by atoms with E-state index >= 15 is 0 Å². The highest BCUT2D eigenvalue weighted by atomic mass is 19.2. The molecule has 0 radical (unpaired) electrons. The monoisotopic (exact) mass is 190 g/mol. The minimum atomic E-state index is -0.835. The molecular formula is C12H8F2. The quantitative estimate of drug-likeness (QED) is 0.642. The molecule has 0 aliphatic heterocycles. The minimum Gasteiger partial charge on any atom is -0.204 e. The summed E-state index contributed by atoms with van der Waals surface area (Å²) in [6.07, 6.45) is 1.33. The molecule has 2 rings (SSSR count). The molecule has 0 bridgehead atoms. The van der Waals surface area contributed by atoms with Gasteiger partial charge in [-0.25, -0.2) is 8.78 Å². The summed E-state index contributed by atoms with van der Waals surface area (Å²) in [4.78, 5) is 0. The van der Waals surface area contributed by atoms with Gasteiger partial charge in [0.25, 0.3) is 0 Å². The van der Waals surface area contributed by atoms with Crippen molar-refractivity contribution in [3.8, 4) is 0 Å². The van der Waals surface area contributed by atoms with Crippen LogP contribution < -0.4 is 0 Å². The second-order valence-corrected chi connectivity index (χ2v) is 3.01. The van der Waals surface area contributed by atoms with Crippen molar-refractivity contribution >= 4 is 16.8 Å². The molecule has 0 aliphatic carbocycles. The second kappa shape index (κ2) is 3.22. The van der Waals surface area contributed by atoms with Crippen LogP contribution in [0.4, 0.5) is 8.78 Å². The molecule has 0 saturated carbocycles. The van der Waals surface area contributed by atoms with Crippen molar-refractivity contribution in [2.75, 3.05) is 0 Å². The third-order valence-electron chi connectivity index (χ3n) is 2.18. The highest BCUT2D eigenvalue weighted by Crippen LogP contribution is 2.24. The van der Waals surface area contributed by atoms with E-state index in [2.05, 4.69) is 6.58 Å². The van der Waals surface area contributed by atoms with Gasteiger partial charge in [-0.1, -0.05) is 36.9 Å². The van der Waals surface area contributed by atoms with E-state index in [1.807, 2.05) is 0 Å². The molecule has 70 valence electrons. The summed E-state index contributed by atoms with van der Waals surface area (Å²) in [5.41, 5.74) is 0.223. The fourth-order valence-corrected chi connectivity index (χ4v) is 1.51. The topological polar surface area (TPSA) is 0 Å². The standard InChI is InChI=1S/C12H8F2/c1-2-9-10-6-4-3-5-8(10)7-11(13)12(9)14/h2-7H,1H2. The van der Waals surface area contributed by atoms with Gasteiger partial charge in [0.2, 0.25) is 0 Å². The summed E-state index contributed by atoms with van der Waals surface area (Å²) in [6, 6.07) is 8.25. The lowest BCUT2D eigenvalue weighted by molar-refractivity contribution is 0.509. The zero-order valence-corrected chi connectivity index (χ0v) is 7.43. The molecule has 0 amide bonds. The van der Waals surface area contributed by atoms with Crippen LogP contribution in [0.3, 0.4) is 0 Å². The molecule has 14 heavy (non-hydrogen) atoms. The summed E-state index contributed by atoms with van der Waals surface area (Å²) in [5, 5.41) is 1.36. The van der Waals surface area contributed by atoms with Gasteiger partial charge >= 0.3 is 0 Å². The van der Waals surface area contributed by atoms with Crippen LogP contribution in [0.2, 0.25) is 0 Å². The Morgan fingerprint density at radius 1 is 1.14 bits per heavy atom. The van der Waals surface area contributed by atoms with E-state index in [9.17, 15) is 8.78 Å². The van der Waals surface area contributed by atoms with Crippen LogP contribution in [0.15, 0.2) is 36.9 Å². The third kappa shape index (κ3) is 1.20. The highest BCUT2D eigenvalue weighted by Gasteiger charge is 2.09. The van der Waals surface area contributed by atoms with Crippen molar-refractivity contribution < 1.29 is 8.78 Å². The molecule has 0 atom stereocenters. The predicted octanol–water partition coefficient (Wildman–Crippen LogP) is 3.76. The van der Waals surface area contributed by atoms with Crippen molar-refractivity contribution in [3.05, 3.63) is 54.1 Å². The third-order valence-corrected chi connectivity index (χ3v) is 2.18. The van der Waals surface area contributed by atoms with Crippen molar-refractivity contribution in [1.29, 1.82) is 0 Å². The molecule has 2 heteroatoms. The smallest absolute Gasteiger partial charge is 0.166 e. The Balaban J connectivity index is 2.96. The first-order valence-electron chi connectivity index (χ1n) is 4.23. The number of hydrogen-bond donors (Lipinski definition) is 0. The fourth-order valence-electron chi connectivity index (χ4n) is 1.51. The maximum absolute atomic E-state index is 13.3. The fraction of sp³-hybridized carbons (Fsp3) is 0. The van der Waals surface area contributed by atoms with Gasteiger partial charge in [-0.05, 0) is 16.8 Å². The Morgan fingerprint density at radius 3 is 2.57 bits per heavy atom. The van der Waals surface area contributed by atoms with Gasteiger partial charge in [-0.3, -0.25) is 0 Å². The second-order valence-electron chi connectivity index (χ2n) is 3.01. The molecule has 2 aromatic carbocycles. The van der Waals surface area contributed by atoms with Crippen molar-refractivity contribution in [1.82, 2.24) is 0 Å². The summed E-state index contributed by atoms with van der Waals surface area (Å²) >= 11 is 0. The van der Waals surface area contributed by atoms with Gasteiger partial charge in [0.05, 0.1) is 0 Å². The van der Waals surface area contributed by atoms with Crippen LogP contribution in [-0.2, 0) is 0 Å². The maximum Gasteiger partial charge on any atom is 0.166 e. The molecule has 0 nitrogen and oxygen atoms in total. The van der Waals surface area contributed by atoms with Gasteiger partial charge in [0, 0.05) is 5.56 Å². The highest BCUT2D eigenvalue weighted by molar-refractivity contribution is 5.90. The lowest BCUT2D eigenvalue weighted by Crippen LogP contribution is -1.90. The summed E-state index contributed by atoms with van der Waals surface area (Å²) < 4.78 is 26.4. The van der Waals surface area contributed by atoms with E-state index in [1.165, 1.54) is 12.1 Å². The van der Waals surface area contributed by atoms with Crippen LogP contribution >= 0.6 is 0 Å². The van der Waals surface area contributed by atoms with Crippen LogP contribution in [0, 0.1) is 11.6 Å². The summed E-state index contributed by atoms with van der Waals surface area (Å²) in [6.45, 7) is 3.48. The van der Waals surface area contributed by atoms with E-state index in [1.54, 1.807) is 24.3 Å². The molecule has 0 aliphatic rings. The minimum absolute atomic E-state index is 0.223. The number of benzene rings is 2. The Bertz CT molecular complexity index is 501. The van der Waals surface area contributed by atoms with Crippen molar-refractivity contribution in [2.45, 2.75) is 0 Å². The van der Waals surface area contributed by atoms with Gasteiger partial charge in [0.15, 0.2) is 11.6 Å². The predicted molar refractivity (Wildman–Crippen MR) is 54.0 cm³/mol. The summed E-state index contributed by atoms with van der Waals surface area (Å²) in [7, 11) is 0.